The first kappa shape index (κ1) is 19.4. The first-order valence-corrected chi connectivity index (χ1v) is 9.52. The lowest BCUT2D eigenvalue weighted by atomic mass is 9.84. The number of aromatic nitrogens is 1. The second-order valence-electron chi connectivity index (χ2n) is 7.23. The molecular weight excluding hydrogens is 380 g/mol. The van der Waals surface area contributed by atoms with Crippen LogP contribution in [0.15, 0.2) is 67.0 Å². The monoisotopic (exact) mass is 399 g/mol. The van der Waals surface area contributed by atoms with E-state index in [1.807, 2.05) is 0 Å². The summed E-state index contributed by atoms with van der Waals surface area (Å²) < 4.78 is 1.65. The Labute approximate surface area is 173 Å². The summed E-state index contributed by atoms with van der Waals surface area (Å²) in [5.74, 6) is -0.846. The van der Waals surface area contributed by atoms with Crippen LogP contribution < -0.4 is 9.88 Å². The van der Waals surface area contributed by atoms with Crippen molar-refractivity contribution in [3.8, 4) is 0 Å². The number of hydrogen-bond acceptors (Lipinski definition) is 4. The Bertz CT molecular complexity index is 1230. The third-order valence-corrected chi connectivity index (χ3v) is 5.25. The molecule has 30 heavy (non-hydrogen) atoms. The summed E-state index contributed by atoms with van der Waals surface area (Å²) in [4.78, 5) is 49.9. The van der Waals surface area contributed by atoms with Crippen LogP contribution in [-0.4, -0.2) is 23.3 Å². The van der Waals surface area contributed by atoms with Gasteiger partial charge in [0.25, 0.3) is 5.91 Å². The van der Waals surface area contributed by atoms with Gasteiger partial charge in [-0.25, -0.2) is 0 Å². The molecule has 0 unspecified atom stereocenters. The van der Waals surface area contributed by atoms with Crippen molar-refractivity contribution in [3.63, 3.8) is 0 Å². The number of nitrogens with zero attached hydrogens (tertiary/aromatic N) is 1. The van der Waals surface area contributed by atoms with Crippen LogP contribution in [-0.2, 0) is 4.79 Å². The highest BCUT2D eigenvalue weighted by Crippen LogP contribution is 2.29. The van der Waals surface area contributed by atoms with Gasteiger partial charge in [0.2, 0.25) is 6.04 Å². The van der Waals surface area contributed by atoms with E-state index in [0.717, 1.165) is 0 Å². The van der Waals surface area contributed by atoms with E-state index in [4.69, 9.17) is 0 Å². The summed E-state index contributed by atoms with van der Waals surface area (Å²) in [6.45, 7) is 3.18. The Kier molecular flexibility index (Phi) is 4.83. The fourth-order valence-corrected chi connectivity index (χ4v) is 3.50. The fraction of sp³-hybridized carbons (Fsp3) is 0.125. The van der Waals surface area contributed by atoms with E-state index in [9.17, 15) is 19.2 Å². The van der Waals surface area contributed by atoms with Gasteiger partial charge in [-0.2, -0.15) is 4.57 Å². The predicted octanol–water partition coefficient (Wildman–Crippen LogP) is 3.15. The lowest BCUT2D eigenvalue weighted by Gasteiger charge is -2.18. The lowest BCUT2D eigenvalue weighted by Crippen LogP contribution is -2.44. The molecule has 0 bridgehead atoms. The molecule has 0 saturated carbocycles. The summed E-state index contributed by atoms with van der Waals surface area (Å²) in [5.41, 5.74) is 2.29. The van der Waals surface area contributed by atoms with Gasteiger partial charge in [-0.3, -0.25) is 19.2 Å². The maximum atomic E-state index is 12.8. The van der Waals surface area contributed by atoms with Crippen molar-refractivity contribution in [2.75, 3.05) is 5.32 Å². The van der Waals surface area contributed by atoms with E-state index < -0.39 is 6.04 Å². The second-order valence-corrected chi connectivity index (χ2v) is 7.23. The smallest absolute Gasteiger partial charge is 0.293 e. The molecule has 1 atom stereocenters. The van der Waals surface area contributed by atoms with Crippen molar-refractivity contribution in [1.29, 1.82) is 0 Å². The molecule has 0 spiro atoms. The van der Waals surface area contributed by atoms with Gasteiger partial charge in [0.15, 0.2) is 29.7 Å². The van der Waals surface area contributed by atoms with Gasteiger partial charge in [-0.1, -0.05) is 24.3 Å². The minimum absolute atomic E-state index is 0.0879. The molecule has 0 aliphatic heterocycles. The molecule has 0 radical (unpaired) electrons. The molecule has 1 amide bonds. The fourth-order valence-electron chi connectivity index (χ4n) is 3.50. The van der Waals surface area contributed by atoms with E-state index in [-0.39, 0.29) is 28.8 Å². The number of carbonyl (C=O) groups is 4. The molecule has 6 heteroatoms. The number of anilines is 1. The van der Waals surface area contributed by atoms with Gasteiger partial charge in [-0.15, -0.1) is 0 Å². The Hall–Kier alpha value is -3.93. The Morgan fingerprint density at radius 3 is 2.17 bits per heavy atom. The Morgan fingerprint density at radius 1 is 0.867 bits per heavy atom. The summed E-state index contributed by atoms with van der Waals surface area (Å²) >= 11 is 0. The summed E-state index contributed by atoms with van der Waals surface area (Å²) in [6, 6.07) is 14.2. The standard InChI is InChI=1S/C24H18N2O4/c1-14(26-11-5-6-16(13-26)15(2)27)24(30)25-17-9-10-20-21(12-17)23(29)19-8-4-3-7-18(19)22(20)28/h3-14H,1-2H3/p+1/t14-/m0/s1. The zero-order valence-electron chi connectivity index (χ0n) is 16.5. The highest BCUT2D eigenvalue weighted by Gasteiger charge is 2.30. The van der Waals surface area contributed by atoms with Crippen molar-refractivity contribution in [2.45, 2.75) is 19.9 Å². The normalized spacial score (nSPS) is 13.3. The molecular formula is C24H19N2O4+. The molecule has 6 nitrogen and oxygen atoms in total. The molecule has 0 saturated heterocycles. The summed E-state index contributed by atoms with van der Waals surface area (Å²) in [7, 11) is 0. The summed E-state index contributed by atoms with van der Waals surface area (Å²) in [5, 5.41) is 2.79. The van der Waals surface area contributed by atoms with Gasteiger partial charge in [0, 0.05) is 40.9 Å². The SMILES string of the molecule is CC(=O)c1ccc[n+]([C@@H](C)C(=O)Nc2ccc3c(c2)C(=O)c2ccccc2C3=O)c1. The van der Waals surface area contributed by atoms with Crippen molar-refractivity contribution in [2.24, 2.45) is 0 Å². The molecule has 2 aromatic carbocycles. The Morgan fingerprint density at radius 2 is 1.50 bits per heavy atom. The molecule has 148 valence electrons. The highest BCUT2D eigenvalue weighted by molar-refractivity contribution is 6.28. The van der Waals surface area contributed by atoms with Crippen LogP contribution in [0.25, 0.3) is 0 Å². The third-order valence-electron chi connectivity index (χ3n) is 5.25. The molecule has 1 aliphatic carbocycles. The third kappa shape index (κ3) is 3.33. The number of amides is 1. The number of carbonyl (C=O) groups excluding carboxylic acids is 4. The van der Waals surface area contributed by atoms with E-state index in [0.29, 0.717) is 27.9 Å². The van der Waals surface area contributed by atoms with E-state index >= 15 is 0 Å². The van der Waals surface area contributed by atoms with Crippen molar-refractivity contribution < 1.29 is 23.7 Å². The average Bonchev–Trinajstić information content (AvgIpc) is 2.77. The largest absolute Gasteiger partial charge is 0.320 e. The maximum absolute atomic E-state index is 12.8. The zero-order valence-corrected chi connectivity index (χ0v) is 16.5. The highest BCUT2D eigenvalue weighted by atomic mass is 16.2. The number of nitrogens with one attached hydrogen (secondary N) is 1. The van der Waals surface area contributed by atoms with Crippen molar-refractivity contribution >= 4 is 28.9 Å². The number of hydrogen-bond donors (Lipinski definition) is 1. The van der Waals surface area contributed by atoms with E-state index in [2.05, 4.69) is 5.32 Å². The van der Waals surface area contributed by atoms with Crippen LogP contribution in [0.5, 0.6) is 0 Å². The predicted molar refractivity (Wildman–Crippen MR) is 110 cm³/mol. The van der Waals surface area contributed by atoms with Crippen LogP contribution in [0.4, 0.5) is 5.69 Å². The average molecular weight is 399 g/mol. The minimum atomic E-state index is -0.585. The topological polar surface area (TPSA) is 84.2 Å². The number of pyridine rings is 1. The van der Waals surface area contributed by atoms with Gasteiger partial charge >= 0.3 is 0 Å². The zero-order chi connectivity index (χ0) is 21.4. The van der Waals surface area contributed by atoms with E-state index in [1.165, 1.54) is 13.0 Å². The molecule has 4 rings (SSSR count). The van der Waals surface area contributed by atoms with Crippen molar-refractivity contribution in [3.05, 3.63) is 94.8 Å². The van der Waals surface area contributed by atoms with Crippen LogP contribution in [0, 0.1) is 0 Å². The summed E-state index contributed by atoms with van der Waals surface area (Å²) in [6.07, 6.45) is 3.33. The first-order chi connectivity index (χ1) is 14.4. The second kappa shape index (κ2) is 7.48. The molecule has 1 N–H and O–H groups in total. The van der Waals surface area contributed by atoms with Gasteiger partial charge in [0.05, 0.1) is 5.56 Å². The van der Waals surface area contributed by atoms with E-state index in [1.54, 1.807) is 72.4 Å². The van der Waals surface area contributed by atoms with Crippen LogP contribution in [0.2, 0.25) is 0 Å². The minimum Gasteiger partial charge on any atom is -0.320 e. The van der Waals surface area contributed by atoms with Crippen LogP contribution >= 0.6 is 0 Å². The number of Topliss-reactive ketones (excluding diaryl/α,β-unsaturated/α-hetero) is 1. The van der Waals surface area contributed by atoms with Gasteiger partial charge in [0.1, 0.15) is 0 Å². The number of fused-ring (bicyclic) bond motifs is 2. The van der Waals surface area contributed by atoms with Crippen molar-refractivity contribution in [1.82, 2.24) is 0 Å². The molecule has 0 fully saturated rings. The maximum Gasteiger partial charge on any atom is 0.293 e. The Balaban J connectivity index is 1.60. The number of ketones is 3. The van der Waals surface area contributed by atoms with Gasteiger partial charge < -0.3 is 5.32 Å². The first-order valence-electron chi connectivity index (χ1n) is 9.52. The quantitative estimate of drug-likeness (QED) is 0.422. The number of benzene rings is 2. The molecule has 1 heterocycles. The van der Waals surface area contributed by atoms with Crippen LogP contribution in [0.3, 0.4) is 0 Å². The number of rotatable bonds is 4. The lowest BCUT2D eigenvalue weighted by molar-refractivity contribution is -0.705. The molecule has 3 aromatic rings. The van der Waals surface area contributed by atoms with Gasteiger partial charge in [-0.05, 0) is 31.2 Å². The molecule has 1 aromatic heterocycles. The molecule has 1 aliphatic rings. The van der Waals surface area contributed by atoms with Crippen LogP contribution in [0.1, 0.15) is 62.1 Å².